The minimum Gasteiger partial charge on any atom is -0.479 e. The van der Waals surface area contributed by atoms with Crippen LogP contribution >= 0.6 is 0 Å². The second-order valence-corrected chi connectivity index (χ2v) is 4.48. The zero-order valence-electron chi connectivity index (χ0n) is 11.1. The maximum Gasteiger partial charge on any atom is 0.335 e. The summed E-state index contributed by atoms with van der Waals surface area (Å²) in [4.78, 5) is 22.5. The Bertz CT molecular complexity index is 486. The molecule has 0 saturated carbocycles. The van der Waals surface area contributed by atoms with E-state index >= 15 is 0 Å². The highest BCUT2D eigenvalue weighted by molar-refractivity contribution is 5.89. The molecule has 1 rings (SSSR count). The van der Waals surface area contributed by atoms with E-state index in [2.05, 4.69) is 5.32 Å². The Morgan fingerprint density at radius 1 is 1.32 bits per heavy atom. The Morgan fingerprint density at radius 3 is 2.47 bits per heavy atom. The van der Waals surface area contributed by atoms with E-state index in [0.29, 0.717) is 0 Å². The summed E-state index contributed by atoms with van der Waals surface area (Å²) in [5, 5.41) is 11.6. The maximum absolute atomic E-state index is 11.7. The van der Waals surface area contributed by atoms with E-state index in [1.54, 1.807) is 6.92 Å². The molecule has 0 bridgehead atoms. The summed E-state index contributed by atoms with van der Waals surface area (Å²) in [5.41, 5.74) is 6.03. The van der Waals surface area contributed by atoms with Crippen molar-refractivity contribution < 1.29 is 19.4 Å². The summed E-state index contributed by atoms with van der Waals surface area (Å²) in [7, 11) is 0. The number of hydrogen-bond acceptors (Lipinski definition) is 4. The van der Waals surface area contributed by atoms with Crippen LogP contribution in [-0.4, -0.2) is 29.1 Å². The van der Waals surface area contributed by atoms with Crippen LogP contribution < -0.4 is 15.8 Å². The standard InChI is InChI=1S/C13H18N2O4/c1-7(2)15-12(16)8(3)19-11-6-9(13(17)18)4-5-10(11)14/h4-8H,14H2,1-3H3,(H,15,16)(H,17,18). The van der Waals surface area contributed by atoms with Gasteiger partial charge in [-0.1, -0.05) is 0 Å². The summed E-state index contributed by atoms with van der Waals surface area (Å²) in [6, 6.07) is 4.12. The normalized spacial score (nSPS) is 12.0. The monoisotopic (exact) mass is 266 g/mol. The number of anilines is 1. The Morgan fingerprint density at radius 2 is 1.95 bits per heavy atom. The summed E-state index contributed by atoms with van der Waals surface area (Å²) in [6.07, 6.45) is -0.756. The SMILES string of the molecule is CC(C)NC(=O)C(C)Oc1cc(C(=O)O)ccc1N. The zero-order chi connectivity index (χ0) is 14.6. The molecular formula is C13H18N2O4. The van der Waals surface area contributed by atoms with E-state index in [9.17, 15) is 9.59 Å². The first kappa shape index (κ1) is 14.8. The average Bonchev–Trinajstić information content (AvgIpc) is 2.30. The number of hydrogen-bond donors (Lipinski definition) is 3. The molecule has 6 nitrogen and oxygen atoms in total. The van der Waals surface area contributed by atoms with Crippen molar-refractivity contribution in [1.82, 2.24) is 5.32 Å². The molecule has 0 aliphatic heterocycles. The third-order valence-corrected chi connectivity index (χ3v) is 2.36. The van der Waals surface area contributed by atoms with Crippen molar-refractivity contribution in [2.45, 2.75) is 32.9 Å². The molecule has 0 radical (unpaired) electrons. The summed E-state index contributed by atoms with van der Waals surface area (Å²) in [5.74, 6) is -1.18. The first-order chi connectivity index (χ1) is 8.81. The molecule has 1 aromatic rings. The van der Waals surface area contributed by atoms with Crippen LogP contribution in [0, 0.1) is 0 Å². The van der Waals surface area contributed by atoms with Crippen molar-refractivity contribution in [1.29, 1.82) is 0 Å². The van der Waals surface area contributed by atoms with Crippen molar-refractivity contribution in [3.05, 3.63) is 23.8 Å². The second kappa shape index (κ2) is 6.08. The summed E-state index contributed by atoms with van der Waals surface area (Å²) in [6.45, 7) is 5.25. The van der Waals surface area contributed by atoms with Crippen molar-refractivity contribution in [2.75, 3.05) is 5.73 Å². The number of nitrogen functional groups attached to an aromatic ring is 1. The number of carboxylic acid groups (broad SMARTS) is 1. The lowest BCUT2D eigenvalue weighted by molar-refractivity contribution is -0.127. The molecular weight excluding hydrogens is 248 g/mol. The Balaban J connectivity index is 2.84. The van der Waals surface area contributed by atoms with Gasteiger partial charge in [0.15, 0.2) is 6.10 Å². The van der Waals surface area contributed by atoms with Gasteiger partial charge in [0.25, 0.3) is 5.91 Å². The molecule has 1 atom stereocenters. The fourth-order valence-electron chi connectivity index (χ4n) is 1.42. The lowest BCUT2D eigenvalue weighted by Crippen LogP contribution is -2.40. The molecule has 0 fully saturated rings. The van der Waals surface area contributed by atoms with Crippen LogP contribution in [-0.2, 0) is 4.79 Å². The minimum absolute atomic E-state index is 0.00116. The van der Waals surface area contributed by atoms with Crippen LogP contribution in [0.2, 0.25) is 0 Å². The van der Waals surface area contributed by atoms with Gasteiger partial charge in [-0.25, -0.2) is 4.79 Å². The van der Waals surface area contributed by atoms with E-state index in [0.717, 1.165) is 0 Å². The Labute approximate surface area is 111 Å². The highest BCUT2D eigenvalue weighted by atomic mass is 16.5. The van der Waals surface area contributed by atoms with Crippen LogP contribution in [0.25, 0.3) is 0 Å². The first-order valence-corrected chi connectivity index (χ1v) is 5.91. The highest BCUT2D eigenvalue weighted by Gasteiger charge is 2.17. The third kappa shape index (κ3) is 4.17. The molecule has 1 amide bonds. The van der Waals surface area contributed by atoms with Gasteiger partial charge < -0.3 is 20.9 Å². The van der Waals surface area contributed by atoms with Gasteiger partial charge in [0.1, 0.15) is 5.75 Å². The van der Waals surface area contributed by atoms with Crippen molar-refractivity contribution in [3.8, 4) is 5.75 Å². The number of carboxylic acids is 1. The smallest absolute Gasteiger partial charge is 0.335 e. The average molecular weight is 266 g/mol. The van der Waals surface area contributed by atoms with Gasteiger partial charge in [0, 0.05) is 6.04 Å². The number of amides is 1. The van der Waals surface area contributed by atoms with Crippen LogP contribution in [0.1, 0.15) is 31.1 Å². The quantitative estimate of drug-likeness (QED) is 0.696. The summed E-state index contributed by atoms with van der Waals surface area (Å²) < 4.78 is 5.40. The lowest BCUT2D eigenvalue weighted by Gasteiger charge is -2.17. The number of nitrogens with two attached hydrogens (primary N) is 1. The molecule has 1 aromatic carbocycles. The molecule has 4 N–H and O–H groups in total. The van der Waals surface area contributed by atoms with Crippen molar-refractivity contribution in [3.63, 3.8) is 0 Å². The van der Waals surface area contributed by atoms with Gasteiger partial charge in [-0.15, -0.1) is 0 Å². The molecule has 19 heavy (non-hydrogen) atoms. The Hall–Kier alpha value is -2.24. The van der Waals surface area contributed by atoms with Gasteiger partial charge in [0.05, 0.1) is 11.3 Å². The molecule has 6 heteroatoms. The number of benzene rings is 1. The molecule has 0 aliphatic carbocycles. The van der Waals surface area contributed by atoms with Gasteiger partial charge in [-0.05, 0) is 39.0 Å². The van der Waals surface area contributed by atoms with Crippen molar-refractivity contribution in [2.24, 2.45) is 0 Å². The van der Waals surface area contributed by atoms with Gasteiger partial charge in [-0.2, -0.15) is 0 Å². The predicted octanol–water partition coefficient (Wildman–Crippen LogP) is 1.26. The number of carbonyl (C=O) groups is 2. The topological polar surface area (TPSA) is 102 Å². The molecule has 0 heterocycles. The second-order valence-electron chi connectivity index (χ2n) is 4.48. The van der Waals surface area contributed by atoms with Gasteiger partial charge in [-0.3, -0.25) is 4.79 Å². The van der Waals surface area contributed by atoms with Gasteiger partial charge >= 0.3 is 5.97 Å². The molecule has 0 saturated heterocycles. The van der Waals surface area contributed by atoms with Crippen molar-refractivity contribution >= 4 is 17.6 Å². The third-order valence-electron chi connectivity index (χ3n) is 2.36. The summed E-state index contributed by atoms with van der Waals surface area (Å²) >= 11 is 0. The molecule has 104 valence electrons. The van der Waals surface area contributed by atoms with E-state index in [4.69, 9.17) is 15.6 Å². The number of rotatable bonds is 5. The highest BCUT2D eigenvalue weighted by Crippen LogP contribution is 2.24. The number of carbonyl (C=O) groups excluding carboxylic acids is 1. The van der Waals surface area contributed by atoms with E-state index in [-0.39, 0.29) is 28.9 Å². The van der Waals surface area contributed by atoms with E-state index in [1.807, 2.05) is 13.8 Å². The van der Waals surface area contributed by atoms with Crippen LogP contribution in [0.15, 0.2) is 18.2 Å². The predicted molar refractivity (Wildman–Crippen MR) is 71.2 cm³/mol. The maximum atomic E-state index is 11.7. The Kier molecular flexibility index (Phi) is 4.74. The minimum atomic E-state index is -1.08. The molecule has 0 aliphatic rings. The van der Waals surface area contributed by atoms with E-state index in [1.165, 1.54) is 18.2 Å². The number of ether oxygens (including phenoxy) is 1. The largest absolute Gasteiger partial charge is 0.479 e. The van der Waals surface area contributed by atoms with Crippen LogP contribution in [0.4, 0.5) is 5.69 Å². The van der Waals surface area contributed by atoms with Gasteiger partial charge in [0.2, 0.25) is 0 Å². The first-order valence-electron chi connectivity index (χ1n) is 5.91. The van der Waals surface area contributed by atoms with Crippen LogP contribution in [0.5, 0.6) is 5.75 Å². The fourth-order valence-corrected chi connectivity index (χ4v) is 1.42. The molecule has 1 unspecified atom stereocenters. The number of nitrogens with one attached hydrogen (secondary N) is 1. The van der Waals surface area contributed by atoms with E-state index < -0.39 is 12.1 Å². The lowest BCUT2D eigenvalue weighted by atomic mass is 10.2. The molecule has 0 spiro atoms. The molecule has 0 aromatic heterocycles. The number of aromatic carboxylic acids is 1. The fraction of sp³-hybridized carbons (Fsp3) is 0.385. The van der Waals surface area contributed by atoms with Crippen LogP contribution in [0.3, 0.4) is 0 Å². The zero-order valence-corrected chi connectivity index (χ0v) is 11.1.